The average molecular weight is 263 g/mol. The molecule has 0 fully saturated rings. The Labute approximate surface area is 104 Å². The van der Waals surface area contributed by atoms with Crippen molar-refractivity contribution >= 4 is 5.95 Å². The zero-order valence-electron chi connectivity index (χ0n) is 10.5. The van der Waals surface area contributed by atoms with Crippen LogP contribution in [-0.4, -0.2) is 28.7 Å². The van der Waals surface area contributed by atoms with Crippen molar-refractivity contribution in [3.05, 3.63) is 18.0 Å². The summed E-state index contributed by atoms with van der Waals surface area (Å²) in [5.74, 6) is -0.0578. The number of ether oxygens (including phenoxy) is 1. The first kappa shape index (κ1) is 14.7. The van der Waals surface area contributed by atoms with Crippen LogP contribution in [0.25, 0.3) is 0 Å². The van der Waals surface area contributed by atoms with Crippen molar-refractivity contribution in [3.8, 4) is 0 Å². The fourth-order valence-electron chi connectivity index (χ4n) is 1.34. The molecular formula is C11H16F3N3O. The quantitative estimate of drug-likeness (QED) is 0.887. The molecule has 18 heavy (non-hydrogen) atoms. The smallest absolute Gasteiger partial charge is 0.374 e. The van der Waals surface area contributed by atoms with E-state index in [2.05, 4.69) is 15.3 Å². The van der Waals surface area contributed by atoms with Gasteiger partial charge < -0.3 is 10.1 Å². The summed E-state index contributed by atoms with van der Waals surface area (Å²) in [4.78, 5) is 7.14. The van der Waals surface area contributed by atoms with E-state index in [0.29, 0.717) is 13.2 Å². The van der Waals surface area contributed by atoms with Crippen LogP contribution in [0, 0.1) is 0 Å². The second-order valence-corrected chi connectivity index (χ2v) is 4.31. The molecule has 1 aromatic rings. The first-order valence-corrected chi connectivity index (χ1v) is 5.52. The van der Waals surface area contributed by atoms with E-state index in [-0.39, 0.29) is 5.95 Å². The van der Waals surface area contributed by atoms with E-state index < -0.39 is 17.5 Å². The Morgan fingerprint density at radius 2 is 2.00 bits per heavy atom. The number of anilines is 1. The van der Waals surface area contributed by atoms with Crippen molar-refractivity contribution in [1.29, 1.82) is 0 Å². The number of nitrogens with one attached hydrogen (secondary N) is 1. The van der Waals surface area contributed by atoms with Crippen LogP contribution in [-0.2, 0) is 10.9 Å². The van der Waals surface area contributed by atoms with Gasteiger partial charge in [-0.3, -0.25) is 0 Å². The molecule has 1 heterocycles. The van der Waals surface area contributed by atoms with Crippen molar-refractivity contribution in [2.24, 2.45) is 0 Å². The van der Waals surface area contributed by atoms with E-state index >= 15 is 0 Å². The highest BCUT2D eigenvalue weighted by Gasteiger charge is 2.32. The molecule has 0 bridgehead atoms. The van der Waals surface area contributed by atoms with Crippen LogP contribution in [0.3, 0.4) is 0 Å². The normalized spacial score (nSPS) is 12.6. The number of rotatable bonds is 5. The predicted octanol–water partition coefficient (Wildman–Crippen LogP) is 2.72. The van der Waals surface area contributed by atoms with Crippen molar-refractivity contribution in [2.75, 3.05) is 18.5 Å². The molecule has 1 aromatic heterocycles. The van der Waals surface area contributed by atoms with Gasteiger partial charge in [0.05, 0.1) is 5.60 Å². The SMILES string of the molecule is CCOC(C)(C)CNc1nccc(C(F)(F)F)n1. The van der Waals surface area contributed by atoms with Crippen LogP contribution in [0.1, 0.15) is 26.5 Å². The van der Waals surface area contributed by atoms with Gasteiger partial charge in [-0.2, -0.15) is 13.2 Å². The average Bonchev–Trinajstić information content (AvgIpc) is 2.26. The number of hydrogen-bond donors (Lipinski definition) is 1. The zero-order chi connectivity index (χ0) is 13.8. The third kappa shape index (κ3) is 4.48. The number of alkyl halides is 3. The Bertz CT molecular complexity index is 393. The molecule has 4 nitrogen and oxygen atoms in total. The number of hydrogen-bond acceptors (Lipinski definition) is 4. The minimum absolute atomic E-state index is 0.0578. The number of nitrogens with zero attached hydrogens (tertiary/aromatic N) is 2. The first-order valence-electron chi connectivity index (χ1n) is 5.52. The van der Waals surface area contributed by atoms with Crippen molar-refractivity contribution in [2.45, 2.75) is 32.5 Å². The number of aromatic nitrogens is 2. The fraction of sp³-hybridized carbons (Fsp3) is 0.636. The summed E-state index contributed by atoms with van der Waals surface area (Å²) in [5.41, 5.74) is -1.46. The Hall–Kier alpha value is -1.37. The molecule has 1 rings (SSSR count). The summed E-state index contributed by atoms with van der Waals surface area (Å²) in [6.07, 6.45) is -3.39. The molecule has 7 heteroatoms. The molecule has 0 spiro atoms. The second kappa shape index (κ2) is 5.51. The summed E-state index contributed by atoms with van der Waals surface area (Å²) in [7, 11) is 0. The van der Waals surface area contributed by atoms with Gasteiger partial charge in [0.15, 0.2) is 0 Å². The largest absolute Gasteiger partial charge is 0.433 e. The molecule has 0 saturated carbocycles. The summed E-state index contributed by atoms with van der Waals surface area (Å²) in [6.45, 7) is 6.36. The summed E-state index contributed by atoms with van der Waals surface area (Å²) in [5, 5.41) is 2.74. The molecule has 0 aliphatic rings. The lowest BCUT2D eigenvalue weighted by molar-refractivity contribution is -0.141. The topological polar surface area (TPSA) is 47.0 Å². The minimum atomic E-state index is -4.46. The van der Waals surface area contributed by atoms with Gasteiger partial charge in [0.1, 0.15) is 5.69 Å². The van der Waals surface area contributed by atoms with Crippen molar-refractivity contribution < 1.29 is 17.9 Å². The van der Waals surface area contributed by atoms with Crippen LogP contribution < -0.4 is 5.32 Å². The molecule has 0 amide bonds. The van der Waals surface area contributed by atoms with Gasteiger partial charge in [0.25, 0.3) is 0 Å². The lowest BCUT2D eigenvalue weighted by Crippen LogP contribution is -2.34. The molecule has 0 radical (unpaired) electrons. The Kier molecular flexibility index (Phi) is 4.50. The van der Waals surface area contributed by atoms with Crippen LogP contribution >= 0.6 is 0 Å². The maximum Gasteiger partial charge on any atom is 0.433 e. The Morgan fingerprint density at radius 1 is 1.33 bits per heavy atom. The van der Waals surface area contributed by atoms with Crippen LogP contribution in [0.4, 0.5) is 19.1 Å². The molecule has 0 aromatic carbocycles. The predicted molar refractivity (Wildman–Crippen MR) is 61.2 cm³/mol. The van der Waals surface area contributed by atoms with E-state index in [4.69, 9.17) is 4.74 Å². The fourth-order valence-corrected chi connectivity index (χ4v) is 1.34. The Balaban J connectivity index is 2.69. The first-order chi connectivity index (χ1) is 8.24. The molecule has 0 aliphatic carbocycles. The monoisotopic (exact) mass is 263 g/mol. The molecule has 0 aliphatic heterocycles. The molecule has 1 N–H and O–H groups in total. The van der Waals surface area contributed by atoms with Gasteiger partial charge in [-0.25, -0.2) is 9.97 Å². The van der Waals surface area contributed by atoms with E-state index in [1.165, 1.54) is 0 Å². The summed E-state index contributed by atoms with van der Waals surface area (Å²) < 4.78 is 42.7. The van der Waals surface area contributed by atoms with Crippen molar-refractivity contribution in [3.63, 3.8) is 0 Å². The lowest BCUT2D eigenvalue weighted by atomic mass is 10.1. The summed E-state index contributed by atoms with van der Waals surface area (Å²) in [6, 6.07) is 0.832. The van der Waals surface area contributed by atoms with Crippen LogP contribution in [0.5, 0.6) is 0 Å². The Morgan fingerprint density at radius 3 is 2.56 bits per heavy atom. The molecule has 102 valence electrons. The van der Waals surface area contributed by atoms with E-state index in [9.17, 15) is 13.2 Å². The van der Waals surface area contributed by atoms with Gasteiger partial charge in [-0.1, -0.05) is 0 Å². The van der Waals surface area contributed by atoms with E-state index in [1.807, 2.05) is 20.8 Å². The third-order valence-electron chi connectivity index (χ3n) is 2.15. The van der Waals surface area contributed by atoms with Gasteiger partial charge >= 0.3 is 6.18 Å². The summed E-state index contributed by atoms with van der Waals surface area (Å²) >= 11 is 0. The molecule has 0 atom stereocenters. The van der Waals surface area contributed by atoms with E-state index in [0.717, 1.165) is 12.3 Å². The van der Waals surface area contributed by atoms with Gasteiger partial charge in [-0.05, 0) is 26.8 Å². The van der Waals surface area contributed by atoms with Crippen LogP contribution in [0.15, 0.2) is 12.3 Å². The standard InChI is InChI=1S/C11H16F3N3O/c1-4-18-10(2,3)7-16-9-15-6-5-8(17-9)11(12,13)14/h5-6H,4,7H2,1-3H3,(H,15,16,17). The van der Waals surface area contributed by atoms with Gasteiger partial charge in [-0.15, -0.1) is 0 Å². The molecule has 0 unspecified atom stereocenters. The van der Waals surface area contributed by atoms with Gasteiger partial charge in [0.2, 0.25) is 5.95 Å². The van der Waals surface area contributed by atoms with Crippen molar-refractivity contribution in [1.82, 2.24) is 9.97 Å². The maximum atomic E-state index is 12.4. The molecular weight excluding hydrogens is 247 g/mol. The van der Waals surface area contributed by atoms with Crippen LogP contribution in [0.2, 0.25) is 0 Å². The second-order valence-electron chi connectivity index (χ2n) is 4.31. The zero-order valence-corrected chi connectivity index (χ0v) is 10.5. The highest BCUT2D eigenvalue weighted by Crippen LogP contribution is 2.27. The number of halogens is 3. The molecule has 0 saturated heterocycles. The minimum Gasteiger partial charge on any atom is -0.374 e. The van der Waals surface area contributed by atoms with Gasteiger partial charge in [0, 0.05) is 19.3 Å². The highest BCUT2D eigenvalue weighted by atomic mass is 19.4. The lowest BCUT2D eigenvalue weighted by Gasteiger charge is -2.24. The van der Waals surface area contributed by atoms with E-state index in [1.54, 1.807) is 0 Å². The highest BCUT2D eigenvalue weighted by molar-refractivity contribution is 5.26. The maximum absolute atomic E-state index is 12.4. The third-order valence-corrected chi connectivity index (χ3v) is 2.15.